The third-order valence-electron chi connectivity index (χ3n) is 4.11. The van der Waals surface area contributed by atoms with Crippen molar-refractivity contribution >= 4 is 0 Å². The van der Waals surface area contributed by atoms with Crippen molar-refractivity contribution in [3.63, 3.8) is 0 Å². The highest BCUT2D eigenvalue weighted by molar-refractivity contribution is 5.04. The molecular weight excluding hydrogens is 288 g/mol. The second-order valence-electron chi connectivity index (χ2n) is 6.37. The van der Waals surface area contributed by atoms with Crippen LogP contribution in [0.2, 0.25) is 0 Å². The van der Waals surface area contributed by atoms with E-state index in [0.29, 0.717) is 13.0 Å². The molecule has 1 saturated heterocycles. The molecule has 0 aromatic carbocycles. The van der Waals surface area contributed by atoms with E-state index in [4.69, 9.17) is 15.9 Å². The van der Waals surface area contributed by atoms with Gasteiger partial charge in [0.05, 0.1) is 12.7 Å². The van der Waals surface area contributed by atoms with Gasteiger partial charge in [-0.05, 0) is 58.8 Å². The van der Waals surface area contributed by atoms with Gasteiger partial charge in [0.25, 0.3) is 0 Å². The fourth-order valence-corrected chi connectivity index (χ4v) is 2.52. The number of hydrogen-bond donors (Lipinski definition) is 1. The van der Waals surface area contributed by atoms with Crippen molar-refractivity contribution in [3.8, 4) is 12.3 Å². The second kappa shape index (κ2) is 12.4. The van der Waals surface area contributed by atoms with E-state index in [2.05, 4.69) is 31.9 Å². The minimum atomic E-state index is -0.371. The largest absolute Gasteiger partial charge is 0.392 e. The Morgan fingerprint density at radius 3 is 2.78 bits per heavy atom. The van der Waals surface area contributed by atoms with Crippen LogP contribution >= 0.6 is 0 Å². The maximum atomic E-state index is 9.61. The lowest BCUT2D eigenvalue weighted by molar-refractivity contribution is -0.155. The van der Waals surface area contributed by atoms with E-state index in [-0.39, 0.29) is 12.4 Å². The Labute approximate surface area is 141 Å². The molecule has 0 spiro atoms. The first-order valence-electron chi connectivity index (χ1n) is 8.77. The average Bonchev–Trinajstić information content (AvgIpc) is 2.54. The number of terminal acetylenes is 1. The molecule has 0 aromatic rings. The molecule has 1 aliphatic heterocycles. The second-order valence-corrected chi connectivity index (χ2v) is 6.37. The number of aliphatic hydroxyl groups excluding tert-OH is 1. The van der Waals surface area contributed by atoms with Crippen molar-refractivity contribution in [2.75, 3.05) is 13.2 Å². The van der Waals surface area contributed by atoms with Gasteiger partial charge in [-0.2, -0.15) is 0 Å². The number of allylic oxidation sites excluding steroid dienone is 3. The molecule has 1 rings (SSSR count). The van der Waals surface area contributed by atoms with Gasteiger partial charge < -0.3 is 14.6 Å². The standard InChI is InChI=1S/C20H32O3/c1-4-8-19(21)13-12-17(2)9-7-10-18(3)14-16-23-20-11-5-6-15-22-20/h1,9,14,19-21H,5-8,10-13,15-16H2,2-3H3/b17-9+,18-14+. The van der Waals surface area contributed by atoms with E-state index in [1.807, 2.05) is 0 Å². The van der Waals surface area contributed by atoms with Gasteiger partial charge >= 0.3 is 0 Å². The topological polar surface area (TPSA) is 38.7 Å². The quantitative estimate of drug-likeness (QED) is 0.480. The summed E-state index contributed by atoms with van der Waals surface area (Å²) in [5.74, 6) is 2.49. The molecule has 0 aromatic heterocycles. The predicted molar refractivity (Wildman–Crippen MR) is 95.0 cm³/mol. The monoisotopic (exact) mass is 320 g/mol. The molecule has 1 fully saturated rings. The van der Waals surface area contributed by atoms with Crippen LogP contribution in [0, 0.1) is 12.3 Å². The van der Waals surface area contributed by atoms with Gasteiger partial charge in [-0.3, -0.25) is 0 Å². The van der Waals surface area contributed by atoms with Gasteiger partial charge in [-0.25, -0.2) is 0 Å². The Balaban J connectivity index is 2.13. The first-order chi connectivity index (χ1) is 11.1. The number of aliphatic hydroxyl groups is 1. The third-order valence-corrected chi connectivity index (χ3v) is 4.11. The fraction of sp³-hybridized carbons (Fsp3) is 0.700. The molecule has 3 nitrogen and oxygen atoms in total. The summed E-state index contributed by atoms with van der Waals surface area (Å²) in [7, 11) is 0. The number of hydrogen-bond acceptors (Lipinski definition) is 3. The molecule has 2 unspecified atom stereocenters. The highest BCUT2D eigenvalue weighted by Gasteiger charge is 2.12. The van der Waals surface area contributed by atoms with Crippen molar-refractivity contribution in [2.24, 2.45) is 0 Å². The molecule has 0 saturated carbocycles. The summed E-state index contributed by atoms with van der Waals surface area (Å²) in [5, 5.41) is 9.61. The van der Waals surface area contributed by atoms with E-state index < -0.39 is 0 Å². The summed E-state index contributed by atoms with van der Waals surface area (Å²) >= 11 is 0. The molecule has 0 aliphatic carbocycles. The van der Waals surface area contributed by atoms with Crippen LogP contribution in [0.5, 0.6) is 0 Å². The van der Waals surface area contributed by atoms with Crippen LogP contribution in [0.25, 0.3) is 0 Å². The summed E-state index contributed by atoms with van der Waals surface area (Å²) in [5.41, 5.74) is 2.66. The van der Waals surface area contributed by atoms with Gasteiger partial charge in [0, 0.05) is 13.0 Å². The Kier molecular flexibility index (Phi) is 10.7. The molecule has 1 heterocycles. The molecule has 2 atom stereocenters. The summed E-state index contributed by atoms with van der Waals surface area (Å²) in [6.07, 6.45) is 16.8. The van der Waals surface area contributed by atoms with Gasteiger partial charge in [0.2, 0.25) is 0 Å². The van der Waals surface area contributed by atoms with Crippen LogP contribution in [-0.2, 0) is 9.47 Å². The highest BCUT2D eigenvalue weighted by atomic mass is 16.7. The van der Waals surface area contributed by atoms with Crippen molar-refractivity contribution < 1.29 is 14.6 Å². The van der Waals surface area contributed by atoms with E-state index in [9.17, 15) is 5.11 Å². The first kappa shape index (κ1) is 20.0. The normalized spacial score (nSPS) is 21.0. The summed E-state index contributed by atoms with van der Waals surface area (Å²) in [6.45, 7) is 5.72. The molecule has 0 radical (unpaired) electrons. The SMILES string of the molecule is C#CCC(O)CC/C(C)=C/CC/C(C)=C/COC1CCCCO1. The van der Waals surface area contributed by atoms with Crippen LogP contribution in [-0.4, -0.2) is 30.7 Å². The van der Waals surface area contributed by atoms with E-state index in [1.165, 1.54) is 17.6 Å². The van der Waals surface area contributed by atoms with Crippen LogP contribution in [0.15, 0.2) is 23.3 Å². The zero-order valence-corrected chi connectivity index (χ0v) is 14.7. The van der Waals surface area contributed by atoms with Crippen LogP contribution < -0.4 is 0 Å². The average molecular weight is 320 g/mol. The van der Waals surface area contributed by atoms with Gasteiger partial charge in [0.1, 0.15) is 0 Å². The first-order valence-corrected chi connectivity index (χ1v) is 8.77. The Bertz CT molecular complexity index is 411. The van der Waals surface area contributed by atoms with E-state index in [1.54, 1.807) is 0 Å². The molecule has 1 aliphatic rings. The maximum Gasteiger partial charge on any atom is 0.157 e. The zero-order valence-electron chi connectivity index (χ0n) is 14.7. The molecular formula is C20H32O3. The van der Waals surface area contributed by atoms with Gasteiger partial charge in [0.15, 0.2) is 6.29 Å². The van der Waals surface area contributed by atoms with Crippen molar-refractivity contribution in [1.82, 2.24) is 0 Å². The lowest BCUT2D eigenvalue weighted by Gasteiger charge is -2.22. The third kappa shape index (κ3) is 10.3. The lowest BCUT2D eigenvalue weighted by Crippen LogP contribution is -2.22. The molecule has 23 heavy (non-hydrogen) atoms. The molecule has 0 bridgehead atoms. The molecule has 130 valence electrons. The molecule has 1 N–H and O–H groups in total. The van der Waals surface area contributed by atoms with E-state index >= 15 is 0 Å². The smallest absolute Gasteiger partial charge is 0.157 e. The van der Waals surface area contributed by atoms with Crippen molar-refractivity contribution in [3.05, 3.63) is 23.3 Å². The number of ether oxygens (including phenoxy) is 2. The minimum Gasteiger partial charge on any atom is -0.392 e. The highest BCUT2D eigenvalue weighted by Crippen LogP contribution is 2.15. The molecule has 0 amide bonds. The minimum absolute atomic E-state index is 0.00983. The Morgan fingerprint density at radius 1 is 1.30 bits per heavy atom. The predicted octanol–water partition coefficient (Wildman–Crippen LogP) is 4.37. The van der Waals surface area contributed by atoms with Gasteiger partial charge in [-0.1, -0.05) is 23.3 Å². The number of rotatable bonds is 10. The van der Waals surface area contributed by atoms with E-state index in [0.717, 1.165) is 45.1 Å². The van der Waals surface area contributed by atoms with Crippen molar-refractivity contribution in [2.45, 2.75) is 77.6 Å². The zero-order chi connectivity index (χ0) is 16.9. The Morgan fingerprint density at radius 2 is 2.09 bits per heavy atom. The van der Waals surface area contributed by atoms with Gasteiger partial charge in [-0.15, -0.1) is 12.3 Å². The van der Waals surface area contributed by atoms with Crippen LogP contribution in [0.3, 0.4) is 0 Å². The summed E-state index contributed by atoms with van der Waals surface area (Å²) in [4.78, 5) is 0. The summed E-state index contributed by atoms with van der Waals surface area (Å²) < 4.78 is 11.3. The van der Waals surface area contributed by atoms with Crippen molar-refractivity contribution in [1.29, 1.82) is 0 Å². The molecule has 3 heteroatoms. The van der Waals surface area contributed by atoms with Crippen LogP contribution in [0.1, 0.15) is 65.2 Å². The maximum absolute atomic E-state index is 9.61. The fourth-order valence-electron chi connectivity index (χ4n) is 2.52. The Hall–Kier alpha value is -1.08. The summed E-state index contributed by atoms with van der Waals surface area (Å²) in [6, 6.07) is 0. The van der Waals surface area contributed by atoms with Crippen LogP contribution in [0.4, 0.5) is 0 Å². The lowest BCUT2D eigenvalue weighted by atomic mass is 10.0.